The van der Waals surface area contributed by atoms with Crippen LogP contribution in [-0.2, 0) is 17.6 Å². The van der Waals surface area contributed by atoms with E-state index in [2.05, 4.69) is 10.3 Å². The van der Waals surface area contributed by atoms with E-state index in [1.165, 1.54) is 42.5 Å². The molecule has 0 aliphatic rings. The number of nitrogens with two attached hydrogens (primary N) is 1. The third-order valence-corrected chi connectivity index (χ3v) is 4.68. The van der Waals surface area contributed by atoms with Gasteiger partial charge in [0.2, 0.25) is 5.91 Å². The van der Waals surface area contributed by atoms with E-state index in [0.717, 1.165) is 0 Å². The second-order valence-corrected chi connectivity index (χ2v) is 7.26. The van der Waals surface area contributed by atoms with Crippen LogP contribution in [-0.4, -0.2) is 16.0 Å². The number of benzene rings is 2. The number of rotatable bonds is 9. The highest BCUT2D eigenvalue weighted by atomic mass is 32.1. The summed E-state index contributed by atoms with van der Waals surface area (Å²) in [7, 11) is 0. The predicted octanol–water partition coefficient (Wildman–Crippen LogP) is 4.66. The fourth-order valence-electron chi connectivity index (χ4n) is 2.55. The number of aliphatic hydroxyl groups is 1. The second-order valence-electron chi connectivity index (χ2n) is 6.37. The second kappa shape index (κ2) is 10.2. The van der Waals surface area contributed by atoms with E-state index in [1.807, 2.05) is 0 Å². The first kappa shape index (κ1) is 12.8. The molecule has 4 N–H and O–H groups in total. The summed E-state index contributed by atoms with van der Waals surface area (Å²) in [6.45, 7) is 1.44. The first-order chi connectivity index (χ1) is 17.2. The van der Waals surface area contributed by atoms with Crippen LogP contribution in [0.4, 0.5) is 10.8 Å². The maximum atomic E-state index is 12.2. The Hall–Kier alpha value is -2.70. The van der Waals surface area contributed by atoms with Gasteiger partial charge in [0.1, 0.15) is 0 Å². The van der Waals surface area contributed by atoms with E-state index in [1.54, 1.807) is 5.38 Å². The molecule has 3 rings (SSSR count). The van der Waals surface area contributed by atoms with Gasteiger partial charge in [0.15, 0.2) is 5.13 Å². The maximum absolute atomic E-state index is 12.2. The van der Waals surface area contributed by atoms with Crippen molar-refractivity contribution in [1.29, 1.82) is 0 Å². The quantitative estimate of drug-likeness (QED) is 0.472. The number of aliphatic hydroxyl groups excluding tert-OH is 1. The van der Waals surface area contributed by atoms with Gasteiger partial charge in [-0.2, -0.15) is 0 Å². The molecule has 1 amide bonds. The standard InChI is InChI=1S/C23H27N3O2S/c1-16-5-4-7-18(13-16)21(27)8-3-2-6-17-9-11-19(12-10-17)25-22(28)14-20-15-29-23(24)26-20/h4-5,7,9-13,15,21,27H,2-3,6,8,14H2,1H3,(H2,24,26)(H,25,28)/t21-/m0/s1/i2D2,4D,5D,6D2,7D,13D. The zero-order valence-corrected chi connectivity index (χ0v) is 16.7. The van der Waals surface area contributed by atoms with Crippen molar-refractivity contribution in [3.05, 3.63) is 76.2 Å². The Labute approximate surface area is 186 Å². The summed E-state index contributed by atoms with van der Waals surface area (Å²) in [5.74, 6) is -0.336. The number of hydrogen-bond acceptors (Lipinski definition) is 5. The fourth-order valence-corrected chi connectivity index (χ4v) is 3.11. The number of thiazole rings is 1. The molecule has 0 saturated heterocycles. The van der Waals surface area contributed by atoms with Crippen LogP contribution in [0.3, 0.4) is 0 Å². The van der Waals surface area contributed by atoms with Crippen molar-refractivity contribution < 1.29 is 20.9 Å². The molecule has 0 radical (unpaired) electrons. The number of amides is 1. The van der Waals surface area contributed by atoms with E-state index < -0.39 is 37.4 Å². The maximum Gasteiger partial charge on any atom is 0.230 e. The number of nitrogen functional groups attached to an aromatic ring is 1. The van der Waals surface area contributed by atoms with Crippen molar-refractivity contribution in [1.82, 2.24) is 4.98 Å². The minimum atomic E-state index is -2.47. The van der Waals surface area contributed by atoms with Gasteiger partial charge in [0.05, 0.1) is 23.7 Å². The van der Waals surface area contributed by atoms with E-state index in [9.17, 15) is 9.90 Å². The van der Waals surface area contributed by atoms with Crippen LogP contribution in [0.2, 0.25) is 0 Å². The molecule has 1 aromatic heterocycles. The third-order valence-electron chi connectivity index (χ3n) is 3.96. The van der Waals surface area contributed by atoms with Crippen molar-refractivity contribution in [3.63, 3.8) is 0 Å². The monoisotopic (exact) mass is 417 g/mol. The third kappa shape index (κ3) is 6.69. The van der Waals surface area contributed by atoms with Gasteiger partial charge in [0.25, 0.3) is 0 Å². The zero-order chi connectivity index (χ0) is 27.7. The van der Waals surface area contributed by atoms with E-state index in [4.69, 9.17) is 16.7 Å². The molecule has 6 heteroatoms. The van der Waals surface area contributed by atoms with Gasteiger partial charge in [0, 0.05) is 16.6 Å². The summed E-state index contributed by atoms with van der Waals surface area (Å²) in [5, 5.41) is 15.3. The molecule has 152 valence electrons. The van der Waals surface area contributed by atoms with Gasteiger partial charge < -0.3 is 16.2 Å². The largest absolute Gasteiger partial charge is 0.388 e. The van der Waals surface area contributed by atoms with Gasteiger partial charge in [-0.3, -0.25) is 4.79 Å². The Kier molecular flexibility index (Phi) is 4.49. The molecule has 29 heavy (non-hydrogen) atoms. The van der Waals surface area contributed by atoms with Crippen LogP contribution in [0, 0.1) is 6.92 Å². The van der Waals surface area contributed by atoms with Crippen LogP contribution < -0.4 is 11.1 Å². The predicted molar refractivity (Wildman–Crippen MR) is 119 cm³/mol. The SMILES string of the molecule is [2H]c1c([2H])c(C)c([2H])c([C@@H](O)CCC([2H])([2H])C([2H])([2H])c2ccc(NC(=O)Cc3csc(N)n3)cc2)c1[2H]. The van der Waals surface area contributed by atoms with Gasteiger partial charge in [-0.05, 0) is 49.4 Å². The molecule has 3 aromatic rings. The number of carbonyl (C=O) groups excluding carboxylic acids is 1. The lowest BCUT2D eigenvalue weighted by atomic mass is 10.00. The van der Waals surface area contributed by atoms with Crippen LogP contribution in [0.25, 0.3) is 0 Å². The summed E-state index contributed by atoms with van der Waals surface area (Å²) in [6.07, 6.45) is -7.10. The van der Waals surface area contributed by atoms with Crippen molar-refractivity contribution in [3.8, 4) is 0 Å². The Morgan fingerprint density at radius 2 is 2.17 bits per heavy atom. The van der Waals surface area contributed by atoms with Crippen molar-refractivity contribution in [2.75, 3.05) is 11.1 Å². The molecule has 0 aliphatic heterocycles. The van der Waals surface area contributed by atoms with Crippen molar-refractivity contribution in [2.24, 2.45) is 0 Å². The molecular weight excluding hydrogens is 382 g/mol. The first-order valence-corrected chi connectivity index (χ1v) is 9.89. The summed E-state index contributed by atoms with van der Waals surface area (Å²) in [6, 6.07) is 4.25. The smallest absolute Gasteiger partial charge is 0.230 e. The molecular formula is C23H27N3O2S. The number of anilines is 2. The normalized spacial score (nSPS) is 16.9. The number of nitrogens with one attached hydrogen (secondary N) is 1. The van der Waals surface area contributed by atoms with Crippen molar-refractivity contribution in [2.45, 2.75) is 45.0 Å². The topological polar surface area (TPSA) is 88.2 Å². The number of carbonyl (C=O) groups is 1. The average Bonchev–Trinajstić information content (AvgIpc) is 3.24. The van der Waals surface area contributed by atoms with Gasteiger partial charge >= 0.3 is 0 Å². The lowest BCUT2D eigenvalue weighted by Gasteiger charge is -2.11. The molecule has 1 atom stereocenters. The van der Waals surface area contributed by atoms with Gasteiger partial charge in [-0.1, -0.05) is 48.3 Å². The van der Waals surface area contributed by atoms with E-state index >= 15 is 0 Å². The molecule has 0 unspecified atom stereocenters. The Balaban J connectivity index is 1.69. The fraction of sp³-hybridized carbons (Fsp3) is 0.304. The van der Waals surface area contributed by atoms with Crippen LogP contribution in [0.5, 0.6) is 0 Å². The average molecular weight is 418 g/mol. The number of hydrogen-bond donors (Lipinski definition) is 3. The molecule has 2 aromatic carbocycles. The molecule has 0 bridgehead atoms. The molecule has 1 heterocycles. The minimum Gasteiger partial charge on any atom is -0.388 e. The van der Waals surface area contributed by atoms with Gasteiger partial charge in [-0.15, -0.1) is 11.3 Å². The highest BCUT2D eigenvalue weighted by Gasteiger charge is 2.08. The minimum absolute atomic E-state index is 0.0208. The molecule has 0 fully saturated rings. The molecule has 0 spiro atoms. The summed E-state index contributed by atoms with van der Waals surface area (Å²) in [5.41, 5.74) is 6.48. The summed E-state index contributed by atoms with van der Waals surface area (Å²) in [4.78, 5) is 16.2. The Morgan fingerprint density at radius 3 is 2.90 bits per heavy atom. The highest BCUT2D eigenvalue weighted by molar-refractivity contribution is 7.13. The number of nitrogens with zero attached hydrogens (tertiary/aromatic N) is 1. The first-order valence-electron chi connectivity index (χ1n) is 13.0. The Bertz CT molecular complexity index is 1270. The number of aryl methyl sites for hydroxylation is 1. The highest BCUT2D eigenvalue weighted by Crippen LogP contribution is 2.21. The zero-order valence-electron chi connectivity index (χ0n) is 23.9. The van der Waals surface area contributed by atoms with Gasteiger partial charge in [-0.25, -0.2) is 4.98 Å². The summed E-state index contributed by atoms with van der Waals surface area (Å²) >= 11 is 1.23. The van der Waals surface area contributed by atoms with Crippen LogP contribution in [0.1, 0.15) is 58.7 Å². The Morgan fingerprint density at radius 1 is 1.38 bits per heavy atom. The molecule has 0 saturated carbocycles. The van der Waals surface area contributed by atoms with E-state index in [0.29, 0.717) is 16.5 Å². The summed E-state index contributed by atoms with van der Waals surface area (Å²) < 4.78 is 65.5. The van der Waals surface area contributed by atoms with Crippen LogP contribution in [0.15, 0.2) is 53.8 Å². The number of aromatic nitrogens is 1. The van der Waals surface area contributed by atoms with E-state index in [-0.39, 0.29) is 47.5 Å². The lowest BCUT2D eigenvalue weighted by molar-refractivity contribution is -0.115. The molecule has 5 nitrogen and oxygen atoms in total. The molecule has 0 aliphatic carbocycles. The lowest BCUT2D eigenvalue weighted by Crippen LogP contribution is -2.14. The van der Waals surface area contributed by atoms with Crippen molar-refractivity contribution >= 4 is 28.1 Å². The van der Waals surface area contributed by atoms with Crippen LogP contribution >= 0.6 is 11.3 Å².